The van der Waals surface area contributed by atoms with Gasteiger partial charge in [0.25, 0.3) is 0 Å². The fourth-order valence-electron chi connectivity index (χ4n) is 1.76. The summed E-state index contributed by atoms with van der Waals surface area (Å²) in [6.07, 6.45) is 0.857. The Balaban J connectivity index is 3.34. The first-order valence-corrected chi connectivity index (χ1v) is 6.66. The maximum Gasteiger partial charge on any atom is 0.337 e. The van der Waals surface area contributed by atoms with E-state index in [1.54, 1.807) is 6.07 Å². The van der Waals surface area contributed by atoms with Gasteiger partial charge >= 0.3 is 17.9 Å². The van der Waals surface area contributed by atoms with Crippen LogP contribution in [0.5, 0.6) is 0 Å². The van der Waals surface area contributed by atoms with Crippen molar-refractivity contribution < 1.29 is 29.3 Å². The minimum atomic E-state index is -1.50. The first-order valence-electron chi connectivity index (χ1n) is 6.66. The molecule has 0 fully saturated rings. The van der Waals surface area contributed by atoms with Crippen molar-refractivity contribution >= 4 is 23.5 Å². The zero-order valence-electron chi connectivity index (χ0n) is 12.6. The van der Waals surface area contributed by atoms with Crippen molar-refractivity contribution in [3.05, 3.63) is 41.0 Å². The predicted octanol–water partition coefficient (Wildman–Crippen LogP) is 2.19. The number of ether oxygens (including phenoxy) is 1. The third-order valence-electron chi connectivity index (χ3n) is 2.74. The Bertz CT molecular complexity index is 712. The summed E-state index contributed by atoms with van der Waals surface area (Å²) in [4.78, 5) is 34.2. The number of hydrogen-bond donors (Lipinski definition) is 2. The molecule has 0 saturated heterocycles. The van der Waals surface area contributed by atoms with Crippen LogP contribution in [0, 0.1) is 17.2 Å². The second kappa shape index (κ2) is 7.75. The molecule has 0 heterocycles. The lowest BCUT2D eigenvalue weighted by Crippen LogP contribution is -2.12. The molecule has 0 spiro atoms. The smallest absolute Gasteiger partial charge is 0.337 e. The molecule has 0 aliphatic heterocycles. The molecular formula is C16H15NO6. The van der Waals surface area contributed by atoms with Crippen molar-refractivity contribution in [2.75, 3.05) is 6.61 Å². The number of allylic oxidation sites excluding steroid dienone is 1. The van der Waals surface area contributed by atoms with Crippen molar-refractivity contribution in [1.29, 1.82) is 5.26 Å². The van der Waals surface area contributed by atoms with Gasteiger partial charge in [-0.25, -0.2) is 14.4 Å². The number of nitriles is 1. The lowest BCUT2D eigenvalue weighted by Gasteiger charge is -2.08. The van der Waals surface area contributed by atoms with Crippen LogP contribution in [0.3, 0.4) is 0 Å². The zero-order chi connectivity index (χ0) is 17.6. The highest BCUT2D eigenvalue weighted by molar-refractivity contribution is 6.07. The van der Waals surface area contributed by atoms with Gasteiger partial charge in [0.2, 0.25) is 0 Å². The van der Waals surface area contributed by atoms with Gasteiger partial charge < -0.3 is 14.9 Å². The summed E-state index contributed by atoms with van der Waals surface area (Å²) >= 11 is 0. The molecule has 0 bridgehead atoms. The van der Waals surface area contributed by atoms with Gasteiger partial charge in [-0.2, -0.15) is 5.26 Å². The van der Waals surface area contributed by atoms with E-state index in [0.717, 1.165) is 12.1 Å². The van der Waals surface area contributed by atoms with E-state index in [0.29, 0.717) is 0 Å². The average molecular weight is 317 g/mol. The summed E-state index contributed by atoms with van der Waals surface area (Å²) < 4.78 is 4.91. The molecule has 0 radical (unpaired) electrons. The van der Waals surface area contributed by atoms with Gasteiger partial charge in [-0.15, -0.1) is 0 Å². The summed E-state index contributed by atoms with van der Waals surface area (Å²) in [5, 5.41) is 27.5. The molecule has 0 atom stereocenters. The monoisotopic (exact) mass is 317 g/mol. The number of rotatable bonds is 6. The quantitative estimate of drug-likeness (QED) is 0.468. The Morgan fingerprint density at radius 3 is 2.30 bits per heavy atom. The summed E-state index contributed by atoms with van der Waals surface area (Å²) in [5.41, 5.74) is -1.45. The number of hydrogen-bond acceptors (Lipinski definition) is 5. The highest BCUT2D eigenvalue weighted by Gasteiger charge is 2.22. The normalized spacial score (nSPS) is 11.0. The summed E-state index contributed by atoms with van der Waals surface area (Å²) in [6, 6.07) is 5.38. The molecule has 1 aromatic carbocycles. The highest BCUT2D eigenvalue weighted by Crippen LogP contribution is 2.23. The molecule has 0 unspecified atom stereocenters. The van der Waals surface area contributed by atoms with Crippen molar-refractivity contribution in [2.24, 2.45) is 5.92 Å². The first-order chi connectivity index (χ1) is 10.8. The Morgan fingerprint density at radius 1 is 1.22 bits per heavy atom. The average Bonchev–Trinajstić information content (AvgIpc) is 2.49. The van der Waals surface area contributed by atoms with Crippen LogP contribution in [0.4, 0.5) is 0 Å². The number of nitrogens with zero attached hydrogens (tertiary/aromatic N) is 1. The fraction of sp³-hybridized carbons (Fsp3) is 0.250. The molecule has 1 rings (SSSR count). The van der Waals surface area contributed by atoms with Gasteiger partial charge in [-0.05, 0) is 12.0 Å². The second-order valence-electron chi connectivity index (χ2n) is 5.03. The minimum Gasteiger partial charge on any atom is -0.478 e. The molecule has 1 aromatic rings. The van der Waals surface area contributed by atoms with E-state index in [1.807, 2.05) is 13.8 Å². The number of carboxylic acid groups (broad SMARTS) is 2. The van der Waals surface area contributed by atoms with Gasteiger partial charge in [0, 0.05) is 11.6 Å². The van der Waals surface area contributed by atoms with Crippen molar-refractivity contribution in [1.82, 2.24) is 0 Å². The third kappa shape index (κ3) is 4.68. The van der Waals surface area contributed by atoms with Crippen LogP contribution in [0.15, 0.2) is 24.3 Å². The van der Waals surface area contributed by atoms with Crippen molar-refractivity contribution in [2.45, 2.75) is 13.8 Å². The Kier molecular flexibility index (Phi) is 6.04. The van der Waals surface area contributed by atoms with Crippen LogP contribution in [0.2, 0.25) is 0 Å². The Morgan fingerprint density at radius 2 is 1.83 bits per heavy atom. The maximum atomic E-state index is 11.7. The molecule has 0 aliphatic carbocycles. The molecular weight excluding hydrogens is 302 g/mol. The fourth-order valence-corrected chi connectivity index (χ4v) is 1.76. The first kappa shape index (κ1) is 17.9. The molecule has 0 aromatic heterocycles. The van der Waals surface area contributed by atoms with Crippen LogP contribution >= 0.6 is 0 Å². The molecule has 7 nitrogen and oxygen atoms in total. The number of esters is 1. The number of benzene rings is 1. The van der Waals surface area contributed by atoms with Gasteiger partial charge in [-0.1, -0.05) is 26.0 Å². The molecule has 0 amide bonds. The molecule has 0 aliphatic rings. The van der Waals surface area contributed by atoms with E-state index >= 15 is 0 Å². The number of carbonyl (C=O) groups excluding carboxylic acids is 1. The van der Waals surface area contributed by atoms with E-state index in [-0.39, 0.29) is 23.7 Å². The zero-order valence-corrected chi connectivity index (χ0v) is 12.6. The van der Waals surface area contributed by atoms with Crippen LogP contribution in [0.25, 0.3) is 5.57 Å². The molecule has 120 valence electrons. The van der Waals surface area contributed by atoms with Crippen LogP contribution < -0.4 is 0 Å². The molecule has 7 heteroatoms. The molecule has 23 heavy (non-hydrogen) atoms. The Labute approximate surface area is 132 Å². The maximum absolute atomic E-state index is 11.7. The van der Waals surface area contributed by atoms with Crippen molar-refractivity contribution in [3.63, 3.8) is 0 Å². The third-order valence-corrected chi connectivity index (χ3v) is 2.74. The molecule has 0 saturated carbocycles. The SMILES string of the molecule is CC(C)COC(=O)C=C(C#N)c1cccc(C(=O)O)c1C(=O)O. The largest absolute Gasteiger partial charge is 0.478 e. The summed E-state index contributed by atoms with van der Waals surface area (Å²) in [5.74, 6) is -3.64. The number of carboxylic acids is 2. The van der Waals surface area contributed by atoms with Crippen LogP contribution in [-0.2, 0) is 9.53 Å². The van der Waals surface area contributed by atoms with Gasteiger partial charge in [0.15, 0.2) is 0 Å². The van der Waals surface area contributed by atoms with E-state index in [9.17, 15) is 24.8 Å². The lowest BCUT2D eigenvalue weighted by molar-refractivity contribution is -0.138. The van der Waals surface area contributed by atoms with Gasteiger partial charge in [-0.3, -0.25) is 0 Å². The van der Waals surface area contributed by atoms with Gasteiger partial charge in [0.05, 0.1) is 23.3 Å². The second-order valence-corrected chi connectivity index (χ2v) is 5.03. The summed E-state index contributed by atoms with van der Waals surface area (Å²) in [7, 11) is 0. The lowest BCUT2D eigenvalue weighted by atomic mass is 9.95. The topological polar surface area (TPSA) is 125 Å². The Hall–Kier alpha value is -3.14. The van der Waals surface area contributed by atoms with E-state index in [1.165, 1.54) is 12.1 Å². The van der Waals surface area contributed by atoms with E-state index in [4.69, 9.17) is 9.84 Å². The molecule has 2 N–H and O–H groups in total. The van der Waals surface area contributed by atoms with Crippen LogP contribution in [0.1, 0.15) is 40.1 Å². The van der Waals surface area contributed by atoms with E-state index in [2.05, 4.69) is 0 Å². The van der Waals surface area contributed by atoms with Crippen LogP contribution in [-0.4, -0.2) is 34.7 Å². The minimum absolute atomic E-state index is 0.0998. The van der Waals surface area contributed by atoms with Crippen molar-refractivity contribution in [3.8, 4) is 6.07 Å². The predicted molar refractivity (Wildman–Crippen MR) is 79.7 cm³/mol. The van der Waals surface area contributed by atoms with E-state index < -0.39 is 29.0 Å². The summed E-state index contributed by atoms with van der Waals surface area (Å²) in [6.45, 7) is 3.82. The standard InChI is InChI=1S/C16H15NO6/c1-9(2)8-23-13(18)6-10(7-17)11-4-3-5-12(15(19)20)14(11)16(21)22/h3-6,9H,8H2,1-2H3,(H,19,20)(H,21,22). The number of carbonyl (C=O) groups is 3. The highest BCUT2D eigenvalue weighted by atomic mass is 16.5. The number of aromatic carboxylic acids is 2. The van der Waals surface area contributed by atoms with Gasteiger partial charge in [0.1, 0.15) is 6.07 Å².